The molecule has 150 valence electrons. The molecule has 2 N–H and O–H groups in total. The number of nitro groups is 1. The summed E-state index contributed by atoms with van der Waals surface area (Å²) in [6, 6.07) is 6.20. The molecule has 4 aromatic rings. The van der Waals surface area contributed by atoms with Crippen LogP contribution in [0, 0.1) is 15.9 Å². The number of rotatable bonds is 3. The topological polar surface area (TPSA) is 135 Å². The van der Waals surface area contributed by atoms with Crippen molar-refractivity contribution in [2.24, 2.45) is 0 Å². The highest BCUT2D eigenvalue weighted by Crippen LogP contribution is 2.43. The summed E-state index contributed by atoms with van der Waals surface area (Å²) in [4.78, 5) is 28.1. The van der Waals surface area contributed by atoms with Gasteiger partial charge < -0.3 is 10.5 Å². The predicted octanol–water partition coefficient (Wildman–Crippen LogP) is 2.75. The lowest BCUT2D eigenvalue weighted by Gasteiger charge is -2.26. The summed E-state index contributed by atoms with van der Waals surface area (Å²) in [5.41, 5.74) is 7.44. The largest absolute Gasteiger partial charge is 0.490 e. The number of benzene rings is 1. The Balaban J connectivity index is 1.75. The molecule has 10 nitrogen and oxygen atoms in total. The minimum atomic E-state index is -0.615. The maximum absolute atomic E-state index is 14.2. The van der Waals surface area contributed by atoms with Gasteiger partial charge in [-0.2, -0.15) is 4.98 Å². The van der Waals surface area contributed by atoms with E-state index in [2.05, 4.69) is 19.9 Å². The highest BCUT2D eigenvalue weighted by atomic mass is 19.1. The van der Waals surface area contributed by atoms with Gasteiger partial charge in [0, 0.05) is 17.7 Å². The van der Waals surface area contributed by atoms with Gasteiger partial charge in [0.1, 0.15) is 12.0 Å². The van der Waals surface area contributed by atoms with Crippen molar-refractivity contribution in [3.05, 3.63) is 70.2 Å². The molecule has 0 unspecified atom stereocenters. The summed E-state index contributed by atoms with van der Waals surface area (Å²) >= 11 is 0. The van der Waals surface area contributed by atoms with E-state index in [4.69, 9.17) is 10.5 Å². The number of ether oxygens (including phenoxy) is 1. The zero-order valence-corrected chi connectivity index (χ0v) is 15.4. The number of hydrogen-bond donors (Lipinski definition) is 1. The van der Waals surface area contributed by atoms with Gasteiger partial charge in [-0.05, 0) is 18.6 Å². The van der Waals surface area contributed by atoms with Crippen molar-refractivity contribution in [3.63, 3.8) is 0 Å². The molecule has 30 heavy (non-hydrogen) atoms. The molecule has 4 heterocycles. The molecule has 1 atom stereocenters. The molecule has 0 radical (unpaired) electrons. The Morgan fingerprint density at radius 2 is 2.17 bits per heavy atom. The molecule has 5 rings (SSSR count). The number of pyridine rings is 1. The second kappa shape index (κ2) is 6.72. The number of anilines is 1. The number of imidazole rings is 1. The predicted molar refractivity (Wildman–Crippen MR) is 104 cm³/mol. The van der Waals surface area contributed by atoms with Crippen molar-refractivity contribution in [3.8, 4) is 11.7 Å². The van der Waals surface area contributed by atoms with Crippen molar-refractivity contribution in [1.29, 1.82) is 0 Å². The van der Waals surface area contributed by atoms with Crippen molar-refractivity contribution >= 4 is 22.5 Å². The van der Waals surface area contributed by atoms with Crippen LogP contribution in [-0.2, 0) is 0 Å². The second-order valence-corrected chi connectivity index (χ2v) is 6.73. The van der Waals surface area contributed by atoms with E-state index in [1.807, 2.05) is 0 Å². The lowest BCUT2D eigenvalue weighted by Crippen LogP contribution is -2.20. The minimum Gasteiger partial charge on any atom is -0.490 e. The molecule has 0 saturated heterocycles. The Labute approximate surface area is 168 Å². The van der Waals surface area contributed by atoms with E-state index in [-0.39, 0.29) is 29.8 Å². The van der Waals surface area contributed by atoms with Crippen LogP contribution in [0.5, 0.6) is 5.75 Å². The van der Waals surface area contributed by atoms with Crippen molar-refractivity contribution in [2.75, 3.05) is 12.3 Å². The van der Waals surface area contributed by atoms with Gasteiger partial charge in [0.2, 0.25) is 11.8 Å². The molecule has 1 aliphatic heterocycles. The van der Waals surface area contributed by atoms with Crippen LogP contribution >= 0.6 is 0 Å². The molecule has 1 aromatic carbocycles. The summed E-state index contributed by atoms with van der Waals surface area (Å²) in [7, 11) is 0. The lowest BCUT2D eigenvalue weighted by atomic mass is 9.89. The van der Waals surface area contributed by atoms with Crippen LogP contribution in [0.2, 0.25) is 0 Å². The Kier molecular flexibility index (Phi) is 4.02. The van der Waals surface area contributed by atoms with E-state index in [0.29, 0.717) is 23.0 Å². The Hall–Kier alpha value is -4.15. The maximum Gasteiger partial charge on any atom is 0.333 e. The van der Waals surface area contributed by atoms with Crippen LogP contribution in [0.25, 0.3) is 17.0 Å². The standard InChI is InChI=1S/C19H14FN7O3/c20-12-3-1-2-11-10(5-7-30-17(11)12)15-16(27(28)29)18(21)25-19(24-15)26-9-23-13-4-6-22-8-14(13)26/h1-4,6,8-10H,5,7H2,(H2,21,24,25)/t10-/m1/s1. The number of fused-ring (bicyclic) bond motifs is 2. The van der Waals surface area contributed by atoms with E-state index < -0.39 is 22.3 Å². The lowest BCUT2D eigenvalue weighted by molar-refractivity contribution is -0.385. The number of halogens is 1. The molecule has 0 aliphatic carbocycles. The van der Waals surface area contributed by atoms with Crippen LogP contribution in [0.15, 0.2) is 43.0 Å². The summed E-state index contributed by atoms with van der Waals surface area (Å²) in [6.45, 7) is 0.187. The first-order valence-electron chi connectivity index (χ1n) is 9.05. The fourth-order valence-corrected chi connectivity index (χ4v) is 3.70. The third-order valence-electron chi connectivity index (χ3n) is 5.03. The van der Waals surface area contributed by atoms with E-state index >= 15 is 0 Å². The van der Waals surface area contributed by atoms with Crippen molar-refractivity contribution in [1.82, 2.24) is 24.5 Å². The number of nitrogen functional groups attached to an aromatic ring is 1. The first-order chi connectivity index (χ1) is 14.5. The van der Waals surface area contributed by atoms with E-state index in [9.17, 15) is 14.5 Å². The molecular formula is C19H14FN7O3. The smallest absolute Gasteiger partial charge is 0.333 e. The van der Waals surface area contributed by atoms with Crippen molar-refractivity contribution in [2.45, 2.75) is 12.3 Å². The monoisotopic (exact) mass is 407 g/mol. The summed E-state index contributed by atoms with van der Waals surface area (Å²) in [6.07, 6.45) is 5.06. The van der Waals surface area contributed by atoms with Crippen LogP contribution in [0.3, 0.4) is 0 Å². The molecule has 0 fully saturated rings. The highest BCUT2D eigenvalue weighted by molar-refractivity contribution is 5.75. The summed E-state index contributed by atoms with van der Waals surface area (Å²) < 4.78 is 21.2. The molecule has 1 aliphatic rings. The Bertz CT molecular complexity index is 1310. The van der Waals surface area contributed by atoms with E-state index in [1.54, 1.807) is 29.1 Å². The average Bonchev–Trinajstić information content (AvgIpc) is 3.17. The van der Waals surface area contributed by atoms with Crippen LogP contribution in [-0.4, -0.2) is 36.0 Å². The Morgan fingerprint density at radius 3 is 3.00 bits per heavy atom. The molecule has 3 aromatic heterocycles. The zero-order valence-electron chi connectivity index (χ0n) is 15.4. The highest BCUT2D eigenvalue weighted by Gasteiger charge is 2.34. The van der Waals surface area contributed by atoms with Crippen LogP contribution < -0.4 is 10.5 Å². The first kappa shape index (κ1) is 17.9. The second-order valence-electron chi connectivity index (χ2n) is 6.73. The molecule has 0 saturated carbocycles. The van der Waals surface area contributed by atoms with Gasteiger partial charge in [0.05, 0.1) is 28.8 Å². The molecular weight excluding hydrogens is 393 g/mol. The summed E-state index contributed by atoms with van der Waals surface area (Å²) in [5.74, 6) is -1.21. The summed E-state index contributed by atoms with van der Waals surface area (Å²) in [5, 5.41) is 11.8. The van der Waals surface area contributed by atoms with Gasteiger partial charge in [-0.25, -0.2) is 14.4 Å². The number of nitrogens with zero attached hydrogens (tertiary/aromatic N) is 6. The fraction of sp³-hybridized carbons (Fsp3) is 0.158. The minimum absolute atomic E-state index is 0.0686. The SMILES string of the molecule is Nc1nc(-n2cnc3ccncc32)nc([C@@H]2CCOc3c(F)cccc32)c1[N+](=O)[O-]. The van der Waals surface area contributed by atoms with Gasteiger partial charge in [-0.15, -0.1) is 0 Å². The molecule has 11 heteroatoms. The Morgan fingerprint density at radius 1 is 1.30 bits per heavy atom. The van der Waals surface area contributed by atoms with E-state index in [0.717, 1.165) is 0 Å². The van der Waals surface area contributed by atoms with Gasteiger partial charge in [-0.3, -0.25) is 19.7 Å². The molecule has 0 spiro atoms. The number of nitrogens with two attached hydrogens (primary N) is 1. The third kappa shape index (κ3) is 2.70. The fourth-order valence-electron chi connectivity index (χ4n) is 3.70. The van der Waals surface area contributed by atoms with Crippen LogP contribution in [0.1, 0.15) is 23.6 Å². The maximum atomic E-state index is 14.2. The average molecular weight is 407 g/mol. The zero-order chi connectivity index (χ0) is 20.8. The third-order valence-corrected chi connectivity index (χ3v) is 5.03. The van der Waals surface area contributed by atoms with Gasteiger partial charge in [-0.1, -0.05) is 12.1 Å². The molecule has 0 amide bonds. The quantitative estimate of drug-likeness (QED) is 0.405. The van der Waals surface area contributed by atoms with Crippen molar-refractivity contribution < 1.29 is 14.1 Å². The first-order valence-corrected chi connectivity index (χ1v) is 9.05. The molecule has 0 bridgehead atoms. The van der Waals surface area contributed by atoms with Gasteiger partial charge in [0.25, 0.3) is 0 Å². The van der Waals surface area contributed by atoms with Gasteiger partial charge in [0.15, 0.2) is 11.6 Å². The normalized spacial score (nSPS) is 15.6. The number of hydrogen-bond acceptors (Lipinski definition) is 8. The number of aromatic nitrogens is 5. The van der Waals surface area contributed by atoms with Gasteiger partial charge >= 0.3 is 5.69 Å². The van der Waals surface area contributed by atoms with E-state index in [1.165, 1.54) is 18.5 Å². The van der Waals surface area contributed by atoms with Crippen LogP contribution in [0.4, 0.5) is 15.9 Å². The number of para-hydroxylation sites is 1.